The summed E-state index contributed by atoms with van der Waals surface area (Å²) in [6, 6.07) is 7.84. The van der Waals surface area contributed by atoms with Gasteiger partial charge in [-0.05, 0) is 62.6 Å². The molecule has 0 radical (unpaired) electrons. The van der Waals surface area contributed by atoms with E-state index in [0.717, 1.165) is 42.6 Å². The normalized spacial score (nSPS) is 25.1. The summed E-state index contributed by atoms with van der Waals surface area (Å²) in [5.41, 5.74) is 4.21. The van der Waals surface area contributed by atoms with E-state index < -0.39 is 23.8 Å². The number of ketones is 1. The van der Waals surface area contributed by atoms with Gasteiger partial charge in [0.15, 0.2) is 5.78 Å². The summed E-state index contributed by atoms with van der Waals surface area (Å²) < 4.78 is 10.9. The van der Waals surface area contributed by atoms with Crippen molar-refractivity contribution in [3.63, 3.8) is 0 Å². The Balaban J connectivity index is 1.80. The number of hydrogen-bond donors (Lipinski definition) is 1. The predicted octanol–water partition coefficient (Wildman–Crippen LogP) is 3.85. The van der Waals surface area contributed by atoms with E-state index in [2.05, 4.69) is 5.32 Å². The molecule has 3 atom stereocenters. The number of ether oxygens (including phenoxy) is 2. The molecular formula is C27H34N2O5. The number of nitrogens with one attached hydrogen (secondary N) is 1. The van der Waals surface area contributed by atoms with Crippen molar-refractivity contribution < 1.29 is 23.9 Å². The highest BCUT2D eigenvalue weighted by atomic mass is 16.5. The average Bonchev–Trinajstić information content (AvgIpc) is 3.30. The lowest BCUT2D eigenvalue weighted by Crippen LogP contribution is -2.43. The van der Waals surface area contributed by atoms with Crippen molar-refractivity contribution in [2.45, 2.75) is 58.0 Å². The summed E-state index contributed by atoms with van der Waals surface area (Å²) >= 11 is 0. The summed E-state index contributed by atoms with van der Waals surface area (Å²) in [6.07, 6.45) is 4.26. The standard InChI is InChI=1S/C27H34N2O5/c1-15-14-20-24(25(30)21(15)26(31)33-5)23(17-10-12-18(13-11-17)29(3)4)22(16(2)28-20)27(32)34-19-8-6-7-9-19/h10-13,15,19,21,23,28H,6-9,14H2,1-5H3/t15-,21+,23+/m1/s1. The minimum atomic E-state index is -0.889. The van der Waals surface area contributed by atoms with Crippen LogP contribution in [0.4, 0.5) is 5.69 Å². The van der Waals surface area contributed by atoms with Gasteiger partial charge in [0.2, 0.25) is 0 Å². The van der Waals surface area contributed by atoms with Crippen LogP contribution in [0.2, 0.25) is 0 Å². The summed E-state index contributed by atoms with van der Waals surface area (Å²) in [7, 11) is 5.22. The van der Waals surface area contributed by atoms with Crippen LogP contribution < -0.4 is 10.2 Å². The lowest BCUT2D eigenvalue weighted by atomic mass is 9.69. The molecule has 0 saturated heterocycles. The van der Waals surface area contributed by atoms with E-state index in [9.17, 15) is 14.4 Å². The molecule has 7 heteroatoms. The van der Waals surface area contributed by atoms with Crippen LogP contribution in [0, 0.1) is 11.8 Å². The quantitative estimate of drug-likeness (QED) is 0.521. The van der Waals surface area contributed by atoms with Crippen molar-refractivity contribution in [2.75, 3.05) is 26.1 Å². The van der Waals surface area contributed by atoms with Crippen LogP contribution >= 0.6 is 0 Å². The van der Waals surface area contributed by atoms with Gasteiger partial charge in [-0.1, -0.05) is 19.1 Å². The average molecular weight is 467 g/mol. The molecule has 1 aromatic rings. The highest BCUT2D eigenvalue weighted by Crippen LogP contribution is 2.46. The number of hydrogen-bond acceptors (Lipinski definition) is 7. The molecular weight excluding hydrogens is 432 g/mol. The Bertz CT molecular complexity index is 1050. The monoisotopic (exact) mass is 466 g/mol. The fourth-order valence-corrected chi connectivity index (χ4v) is 5.47. The number of esters is 2. The van der Waals surface area contributed by atoms with Crippen LogP contribution in [-0.4, -0.2) is 45.0 Å². The number of carbonyl (C=O) groups is 3. The first kappa shape index (κ1) is 24.0. The zero-order valence-corrected chi connectivity index (χ0v) is 20.6. The van der Waals surface area contributed by atoms with Crippen molar-refractivity contribution in [3.05, 3.63) is 52.4 Å². The SMILES string of the molecule is COC(=O)[C@@H]1C(=O)C2=C(C[C@H]1C)NC(C)=C(C(=O)OC1CCCC1)[C@@H]2c1ccc(N(C)C)cc1. The van der Waals surface area contributed by atoms with E-state index >= 15 is 0 Å². The largest absolute Gasteiger partial charge is 0.468 e. The molecule has 3 aliphatic rings. The number of benzene rings is 1. The molecule has 1 fully saturated rings. The Morgan fingerprint density at radius 3 is 2.32 bits per heavy atom. The van der Waals surface area contributed by atoms with Crippen molar-refractivity contribution >= 4 is 23.4 Å². The number of nitrogens with zero attached hydrogens (tertiary/aromatic N) is 1. The molecule has 0 amide bonds. The van der Waals surface area contributed by atoms with Crippen molar-refractivity contribution in [2.24, 2.45) is 11.8 Å². The van der Waals surface area contributed by atoms with E-state index in [-0.39, 0.29) is 17.8 Å². The first-order chi connectivity index (χ1) is 16.2. The number of methoxy groups -OCH3 is 1. The zero-order valence-electron chi connectivity index (χ0n) is 20.6. The number of allylic oxidation sites excluding steroid dienone is 3. The first-order valence-corrected chi connectivity index (χ1v) is 12.0. The third-order valence-electron chi connectivity index (χ3n) is 7.28. The third-order valence-corrected chi connectivity index (χ3v) is 7.28. The Labute approximate surface area is 201 Å². The molecule has 0 unspecified atom stereocenters. The van der Waals surface area contributed by atoms with Crippen LogP contribution in [0.5, 0.6) is 0 Å². The summed E-state index contributed by atoms with van der Waals surface area (Å²) in [4.78, 5) is 41.8. The van der Waals surface area contributed by atoms with Gasteiger partial charge in [0.05, 0.1) is 12.7 Å². The number of carbonyl (C=O) groups excluding carboxylic acids is 3. The lowest BCUT2D eigenvalue weighted by Gasteiger charge is -2.38. The summed E-state index contributed by atoms with van der Waals surface area (Å²) in [6.45, 7) is 3.74. The molecule has 1 heterocycles. The molecule has 1 aliphatic heterocycles. The van der Waals surface area contributed by atoms with Gasteiger partial charge < -0.3 is 19.7 Å². The number of rotatable bonds is 5. The van der Waals surface area contributed by atoms with Crippen LogP contribution in [-0.2, 0) is 23.9 Å². The zero-order chi connectivity index (χ0) is 24.6. The van der Waals surface area contributed by atoms with Crippen LogP contribution in [0.3, 0.4) is 0 Å². The Kier molecular flexibility index (Phi) is 6.82. The van der Waals surface area contributed by atoms with Crippen LogP contribution in [0.15, 0.2) is 46.8 Å². The third kappa shape index (κ3) is 4.36. The second-order valence-electron chi connectivity index (χ2n) is 9.83. The molecule has 1 aromatic carbocycles. The van der Waals surface area contributed by atoms with Crippen molar-refractivity contribution in [3.8, 4) is 0 Å². The fourth-order valence-electron chi connectivity index (χ4n) is 5.47. The molecule has 4 rings (SSSR count). The van der Waals surface area contributed by atoms with Crippen molar-refractivity contribution in [1.29, 1.82) is 0 Å². The molecule has 182 valence electrons. The molecule has 0 spiro atoms. The van der Waals surface area contributed by atoms with Gasteiger partial charge in [-0.2, -0.15) is 0 Å². The highest BCUT2D eigenvalue weighted by Gasteiger charge is 2.47. The van der Waals surface area contributed by atoms with E-state index in [1.807, 2.05) is 57.1 Å². The lowest BCUT2D eigenvalue weighted by molar-refractivity contribution is -0.151. The van der Waals surface area contributed by atoms with Gasteiger partial charge in [0, 0.05) is 42.7 Å². The maximum atomic E-state index is 13.8. The Morgan fingerprint density at radius 2 is 1.74 bits per heavy atom. The van der Waals surface area contributed by atoms with Gasteiger partial charge in [0.1, 0.15) is 12.0 Å². The minimum absolute atomic E-state index is 0.0927. The number of dihydropyridines is 1. The van der Waals surface area contributed by atoms with Gasteiger partial charge >= 0.3 is 11.9 Å². The number of anilines is 1. The van der Waals surface area contributed by atoms with E-state index in [4.69, 9.17) is 9.47 Å². The molecule has 7 nitrogen and oxygen atoms in total. The molecule has 34 heavy (non-hydrogen) atoms. The fraction of sp³-hybridized carbons (Fsp3) is 0.519. The molecule has 1 N–H and O–H groups in total. The second-order valence-corrected chi connectivity index (χ2v) is 9.83. The minimum Gasteiger partial charge on any atom is -0.468 e. The number of Topliss-reactive ketones (excluding diaryl/α,β-unsaturated/α-hetero) is 1. The van der Waals surface area contributed by atoms with Gasteiger partial charge in [0.25, 0.3) is 0 Å². The van der Waals surface area contributed by atoms with E-state index in [1.165, 1.54) is 7.11 Å². The molecule has 2 aliphatic carbocycles. The maximum absolute atomic E-state index is 13.8. The molecule has 0 aromatic heterocycles. The Morgan fingerprint density at radius 1 is 1.09 bits per heavy atom. The van der Waals surface area contributed by atoms with Crippen LogP contribution in [0.1, 0.15) is 57.4 Å². The van der Waals surface area contributed by atoms with Gasteiger partial charge in [-0.3, -0.25) is 9.59 Å². The second kappa shape index (κ2) is 9.65. The highest BCUT2D eigenvalue weighted by molar-refractivity contribution is 6.12. The van der Waals surface area contributed by atoms with Gasteiger partial charge in [-0.25, -0.2) is 4.79 Å². The van der Waals surface area contributed by atoms with Crippen molar-refractivity contribution in [1.82, 2.24) is 5.32 Å². The molecule has 1 saturated carbocycles. The molecule has 0 bridgehead atoms. The smallest absolute Gasteiger partial charge is 0.337 e. The van der Waals surface area contributed by atoms with Gasteiger partial charge in [-0.15, -0.1) is 0 Å². The van der Waals surface area contributed by atoms with Crippen LogP contribution in [0.25, 0.3) is 0 Å². The maximum Gasteiger partial charge on any atom is 0.337 e. The Hall–Kier alpha value is -3.09. The topological polar surface area (TPSA) is 84.9 Å². The summed E-state index contributed by atoms with van der Waals surface area (Å²) in [5, 5.41) is 3.32. The van der Waals surface area contributed by atoms with E-state index in [1.54, 1.807) is 0 Å². The summed E-state index contributed by atoms with van der Waals surface area (Å²) in [5.74, 6) is -2.91. The predicted molar refractivity (Wildman–Crippen MR) is 129 cm³/mol. The van der Waals surface area contributed by atoms with E-state index in [0.29, 0.717) is 23.3 Å². The first-order valence-electron chi connectivity index (χ1n) is 12.0.